The van der Waals surface area contributed by atoms with E-state index in [9.17, 15) is 9.90 Å². The number of aliphatic hydroxyl groups excluding tert-OH is 1. The number of amides is 2. The lowest BCUT2D eigenvalue weighted by Crippen LogP contribution is -2.38. The standard InChI is InChI=1S/C19H18N2O3/c22-17(18-12-7-13-24-18)14-20-19(23)21(15-8-3-1-4-9-15)16-10-5-2-6-11-16/h1-13,17,22H,14H2,(H,20,23)/t17-/m1/s1. The van der Waals surface area contributed by atoms with Crippen LogP contribution in [0.15, 0.2) is 83.5 Å². The molecule has 1 heterocycles. The lowest BCUT2D eigenvalue weighted by molar-refractivity contribution is 0.149. The smallest absolute Gasteiger partial charge is 0.326 e. The highest BCUT2D eigenvalue weighted by Crippen LogP contribution is 2.25. The number of hydrogen-bond donors (Lipinski definition) is 2. The predicted molar refractivity (Wildman–Crippen MR) is 92.1 cm³/mol. The van der Waals surface area contributed by atoms with Crippen LogP contribution in [0.1, 0.15) is 11.9 Å². The van der Waals surface area contributed by atoms with Crippen LogP contribution in [-0.4, -0.2) is 17.7 Å². The summed E-state index contributed by atoms with van der Waals surface area (Å²) in [5.74, 6) is 0.418. The zero-order valence-corrected chi connectivity index (χ0v) is 13.0. The molecule has 5 heteroatoms. The van der Waals surface area contributed by atoms with Gasteiger partial charge in [-0.05, 0) is 36.4 Å². The van der Waals surface area contributed by atoms with Gasteiger partial charge in [0.1, 0.15) is 11.9 Å². The number of benzene rings is 2. The third kappa shape index (κ3) is 3.64. The Morgan fingerprint density at radius 2 is 1.54 bits per heavy atom. The van der Waals surface area contributed by atoms with Crippen molar-refractivity contribution >= 4 is 17.4 Å². The number of aliphatic hydroxyl groups is 1. The van der Waals surface area contributed by atoms with Crippen molar-refractivity contribution in [2.75, 3.05) is 11.4 Å². The van der Waals surface area contributed by atoms with E-state index in [1.54, 1.807) is 17.0 Å². The molecule has 3 aromatic rings. The summed E-state index contributed by atoms with van der Waals surface area (Å²) in [5, 5.41) is 12.8. The molecule has 3 rings (SSSR count). The normalized spacial score (nSPS) is 11.7. The summed E-state index contributed by atoms with van der Waals surface area (Å²) in [6.45, 7) is 0.0580. The number of nitrogens with zero attached hydrogens (tertiary/aromatic N) is 1. The van der Waals surface area contributed by atoms with Gasteiger partial charge in [0.15, 0.2) is 0 Å². The number of urea groups is 1. The zero-order chi connectivity index (χ0) is 16.8. The molecule has 0 fully saturated rings. The van der Waals surface area contributed by atoms with E-state index in [4.69, 9.17) is 4.42 Å². The van der Waals surface area contributed by atoms with Gasteiger partial charge in [-0.15, -0.1) is 0 Å². The minimum absolute atomic E-state index is 0.0580. The number of furan rings is 1. The summed E-state index contributed by atoms with van der Waals surface area (Å²) >= 11 is 0. The Morgan fingerprint density at radius 1 is 0.958 bits per heavy atom. The highest BCUT2D eigenvalue weighted by molar-refractivity contribution is 5.99. The van der Waals surface area contributed by atoms with Crippen molar-refractivity contribution in [2.45, 2.75) is 6.10 Å². The molecule has 0 radical (unpaired) electrons. The molecule has 5 nitrogen and oxygen atoms in total. The van der Waals surface area contributed by atoms with E-state index in [1.165, 1.54) is 6.26 Å². The van der Waals surface area contributed by atoms with Gasteiger partial charge < -0.3 is 14.8 Å². The average molecular weight is 322 g/mol. The highest BCUT2D eigenvalue weighted by Gasteiger charge is 2.19. The fourth-order valence-electron chi connectivity index (χ4n) is 2.38. The summed E-state index contributed by atoms with van der Waals surface area (Å²) in [5.41, 5.74) is 1.49. The van der Waals surface area contributed by atoms with E-state index in [-0.39, 0.29) is 12.6 Å². The molecule has 0 saturated carbocycles. The fraction of sp³-hybridized carbons (Fsp3) is 0.105. The molecule has 0 spiro atoms. The number of nitrogens with one attached hydrogen (secondary N) is 1. The van der Waals surface area contributed by atoms with Gasteiger partial charge in [0.05, 0.1) is 24.2 Å². The maximum Gasteiger partial charge on any atom is 0.326 e. The summed E-state index contributed by atoms with van der Waals surface area (Å²) in [6, 6.07) is 21.7. The van der Waals surface area contributed by atoms with Crippen molar-refractivity contribution in [1.82, 2.24) is 5.32 Å². The third-order valence-electron chi connectivity index (χ3n) is 3.55. The van der Waals surface area contributed by atoms with Gasteiger partial charge in [-0.25, -0.2) is 4.79 Å². The van der Waals surface area contributed by atoms with E-state index in [1.807, 2.05) is 60.7 Å². The number of para-hydroxylation sites is 2. The van der Waals surface area contributed by atoms with Crippen LogP contribution in [0.5, 0.6) is 0 Å². The van der Waals surface area contributed by atoms with E-state index in [2.05, 4.69) is 5.32 Å². The Morgan fingerprint density at radius 3 is 2.04 bits per heavy atom. The molecule has 0 aliphatic heterocycles. The van der Waals surface area contributed by atoms with Crippen LogP contribution >= 0.6 is 0 Å². The van der Waals surface area contributed by atoms with E-state index < -0.39 is 6.10 Å². The van der Waals surface area contributed by atoms with Gasteiger partial charge in [0.2, 0.25) is 0 Å². The topological polar surface area (TPSA) is 65.7 Å². The van der Waals surface area contributed by atoms with Crippen LogP contribution in [0.3, 0.4) is 0 Å². The quantitative estimate of drug-likeness (QED) is 0.749. The monoisotopic (exact) mass is 322 g/mol. The Bertz CT molecular complexity index is 718. The lowest BCUT2D eigenvalue weighted by Gasteiger charge is -2.24. The first-order valence-electron chi connectivity index (χ1n) is 7.65. The van der Waals surface area contributed by atoms with Crippen LogP contribution in [-0.2, 0) is 0 Å². The molecular formula is C19H18N2O3. The van der Waals surface area contributed by atoms with Crippen molar-refractivity contribution in [1.29, 1.82) is 0 Å². The Balaban J connectivity index is 1.77. The predicted octanol–water partition coefficient (Wildman–Crippen LogP) is 3.86. The Labute approximate surface area is 140 Å². The molecule has 0 bridgehead atoms. The fourth-order valence-corrected chi connectivity index (χ4v) is 2.38. The summed E-state index contributed by atoms with van der Waals surface area (Å²) < 4.78 is 5.14. The number of hydrogen-bond acceptors (Lipinski definition) is 3. The van der Waals surface area contributed by atoms with Gasteiger partial charge in [0, 0.05) is 0 Å². The molecular weight excluding hydrogens is 304 g/mol. The third-order valence-corrected chi connectivity index (χ3v) is 3.55. The second-order valence-electron chi connectivity index (χ2n) is 5.22. The zero-order valence-electron chi connectivity index (χ0n) is 13.0. The average Bonchev–Trinajstić information content (AvgIpc) is 3.16. The van der Waals surface area contributed by atoms with Crippen LogP contribution in [0.25, 0.3) is 0 Å². The number of carbonyl (C=O) groups excluding carboxylic acids is 1. The van der Waals surface area contributed by atoms with E-state index >= 15 is 0 Å². The van der Waals surface area contributed by atoms with Gasteiger partial charge in [0.25, 0.3) is 0 Å². The van der Waals surface area contributed by atoms with Crippen LogP contribution < -0.4 is 10.2 Å². The van der Waals surface area contributed by atoms with E-state index in [0.717, 1.165) is 11.4 Å². The lowest BCUT2D eigenvalue weighted by atomic mass is 10.2. The number of rotatable bonds is 5. The molecule has 2 aromatic carbocycles. The second kappa shape index (κ2) is 7.48. The number of anilines is 2. The molecule has 122 valence electrons. The van der Waals surface area contributed by atoms with Gasteiger partial charge in [-0.2, -0.15) is 0 Å². The largest absolute Gasteiger partial charge is 0.467 e. The summed E-state index contributed by atoms with van der Waals surface area (Å²) in [6.07, 6.45) is 0.595. The van der Waals surface area contributed by atoms with Crippen molar-refractivity contribution < 1.29 is 14.3 Å². The first-order valence-corrected chi connectivity index (χ1v) is 7.65. The van der Waals surface area contributed by atoms with Crippen molar-refractivity contribution in [2.24, 2.45) is 0 Å². The first kappa shape index (κ1) is 15.8. The molecule has 0 aliphatic carbocycles. The molecule has 0 unspecified atom stereocenters. The SMILES string of the molecule is O=C(NC[C@@H](O)c1ccco1)N(c1ccccc1)c1ccccc1. The molecule has 24 heavy (non-hydrogen) atoms. The maximum atomic E-state index is 12.7. The minimum atomic E-state index is -0.891. The molecule has 0 aliphatic rings. The minimum Gasteiger partial charge on any atom is -0.467 e. The van der Waals surface area contributed by atoms with Gasteiger partial charge in [-0.3, -0.25) is 4.90 Å². The highest BCUT2D eigenvalue weighted by atomic mass is 16.4. The maximum absolute atomic E-state index is 12.7. The molecule has 2 N–H and O–H groups in total. The second-order valence-corrected chi connectivity index (χ2v) is 5.22. The Kier molecular flexibility index (Phi) is 4.93. The van der Waals surface area contributed by atoms with Gasteiger partial charge >= 0.3 is 6.03 Å². The number of carbonyl (C=O) groups is 1. The van der Waals surface area contributed by atoms with Gasteiger partial charge in [-0.1, -0.05) is 36.4 Å². The van der Waals surface area contributed by atoms with Crippen LogP contribution in [0.4, 0.5) is 16.2 Å². The van der Waals surface area contributed by atoms with Crippen LogP contribution in [0, 0.1) is 0 Å². The summed E-state index contributed by atoms with van der Waals surface area (Å²) in [7, 11) is 0. The molecule has 1 aromatic heterocycles. The first-order chi connectivity index (χ1) is 11.8. The molecule has 1 atom stereocenters. The van der Waals surface area contributed by atoms with Crippen LogP contribution in [0.2, 0.25) is 0 Å². The van der Waals surface area contributed by atoms with Crippen molar-refractivity contribution in [3.8, 4) is 0 Å². The molecule has 0 saturated heterocycles. The van der Waals surface area contributed by atoms with E-state index in [0.29, 0.717) is 5.76 Å². The molecule has 2 amide bonds. The van der Waals surface area contributed by atoms with Crippen molar-refractivity contribution in [3.05, 3.63) is 84.8 Å². The Hall–Kier alpha value is -3.05. The summed E-state index contributed by atoms with van der Waals surface area (Å²) in [4.78, 5) is 14.3. The van der Waals surface area contributed by atoms with Crippen molar-refractivity contribution in [3.63, 3.8) is 0 Å².